The summed E-state index contributed by atoms with van der Waals surface area (Å²) >= 11 is 0. The van der Waals surface area contributed by atoms with Crippen LogP contribution in [0.2, 0.25) is 0 Å². The van der Waals surface area contributed by atoms with Crippen molar-refractivity contribution in [1.82, 2.24) is 9.97 Å². The number of non-ortho nitro benzene ring substituents is 1. The van der Waals surface area contributed by atoms with Crippen LogP contribution in [0.25, 0.3) is 10.9 Å². The number of hydrogen-bond donors (Lipinski definition) is 0. The molecule has 7 heteroatoms. The Morgan fingerprint density at radius 3 is 2.90 bits per heavy atom. The van der Waals surface area contributed by atoms with Crippen LogP contribution in [0, 0.1) is 21.4 Å². The summed E-state index contributed by atoms with van der Waals surface area (Å²) in [4.78, 5) is 20.5. The standard InChI is InChI=1S/C13H13N5O2/c1-9(5-6-14)17(2)13-11-7-10(18(19)20)3-4-12(11)15-8-16-13/h3-4,7-9H,5H2,1-2H3. The minimum Gasteiger partial charge on any atom is -0.355 e. The highest BCUT2D eigenvalue weighted by atomic mass is 16.6. The maximum Gasteiger partial charge on any atom is 0.270 e. The number of rotatable bonds is 4. The van der Waals surface area contributed by atoms with Crippen molar-refractivity contribution < 1.29 is 4.92 Å². The van der Waals surface area contributed by atoms with E-state index in [1.807, 2.05) is 18.9 Å². The Hall–Kier alpha value is -2.75. The molecule has 0 N–H and O–H groups in total. The van der Waals surface area contributed by atoms with Gasteiger partial charge in [-0.2, -0.15) is 5.26 Å². The number of nitro groups is 1. The second-order valence-electron chi connectivity index (χ2n) is 4.48. The van der Waals surface area contributed by atoms with Crippen molar-refractivity contribution >= 4 is 22.4 Å². The number of hydrogen-bond acceptors (Lipinski definition) is 6. The van der Waals surface area contributed by atoms with E-state index in [1.165, 1.54) is 18.5 Å². The van der Waals surface area contributed by atoms with Crippen LogP contribution in [-0.2, 0) is 0 Å². The predicted octanol–water partition coefficient (Wildman–Crippen LogP) is 2.28. The van der Waals surface area contributed by atoms with Gasteiger partial charge in [-0.25, -0.2) is 9.97 Å². The molecule has 0 aliphatic rings. The molecule has 1 aromatic carbocycles. The number of benzene rings is 1. The van der Waals surface area contributed by atoms with Gasteiger partial charge in [-0.15, -0.1) is 0 Å². The molecule has 7 nitrogen and oxygen atoms in total. The molecular formula is C13H13N5O2. The van der Waals surface area contributed by atoms with E-state index >= 15 is 0 Å². The summed E-state index contributed by atoms with van der Waals surface area (Å²) in [6.45, 7) is 1.90. The summed E-state index contributed by atoms with van der Waals surface area (Å²) in [6, 6.07) is 6.53. The Morgan fingerprint density at radius 2 is 2.25 bits per heavy atom. The highest BCUT2D eigenvalue weighted by Crippen LogP contribution is 2.27. The summed E-state index contributed by atoms with van der Waals surface area (Å²) in [7, 11) is 1.81. The minimum absolute atomic E-state index is 0.00473. The lowest BCUT2D eigenvalue weighted by atomic mass is 10.1. The Labute approximate surface area is 115 Å². The molecule has 1 unspecified atom stereocenters. The zero-order chi connectivity index (χ0) is 14.7. The fourth-order valence-corrected chi connectivity index (χ4v) is 1.90. The summed E-state index contributed by atoms with van der Waals surface area (Å²) in [5, 5.41) is 20.2. The quantitative estimate of drug-likeness (QED) is 0.625. The van der Waals surface area contributed by atoms with E-state index in [1.54, 1.807) is 6.07 Å². The molecule has 0 radical (unpaired) electrons. The topological polar surface area (TPSA) is 96.0 Å². The first kappa shape index (κ1) is 13.7. The fraction of sp³-hybridized carbons (Fsp3) is 0.308. The first-order valence-corrected chi connectivity index (χ1v) is 6.03. The number of anilines is 1. The first-order valence-electron chi connectivity index (χ1n) is 6.03. The summed E-state index contributed by atoms with van der Waals surface area (Å²) < 4.78 is 0. The number of fused-ring (bicyclic) bond motifs is 1. The van der Waals surface area contributed by atoms with E-state index < -0.39 is 4.92 Å². The smallest absolute Gasteiger partial charge is 0.270 e. The van der Waals surface area contributed by atoms with Crippen LogP contribution in [-0.4, -0.2) is 28.0 Å². The second kappa shape index (κ2) is 5.48. The van der Waals surface area contributed by atoms with E-state index in [0.29, 0.717) is 23.1 Å². The lowest BCUT2D eigenvalue weighted by molar-refractivity contribution is -0.384. The van der Waals surface area contributed by atoms with Gasteiger partial charge < -0.3 is 4.90 Å². The molecular weight excluding hydrogens is 258 g/mol. The van der Waals surface area contributed by atoms with Gasteiger partial charge >= 0.3 is 0 Å². The maximum absolute atomic E-state index is 10.9. The van der Waals surface area contributed by atoms with E-state index in [9.17, 15) is 10.1 Å². The van der Waals surface area contributed by atoms with Crippen molar-refractivity contribution in [3.8, 4) is 6.07 Å². The normalized spacial score (nSPS) is 11.8. The van der Waals surface area contributed by atoms with Gasteiger partial charge in [-0.1, -0.05) is 0 Å². The Morgan fingerprint density at radius 1 is 1.50 bits per heavy atom. The molecule has 2 aromatic rings. The van der Waals surface area contributed by atoms with Gasteiger partial charge in [0.1, 0.15) is 12.1 Å². The van der Waals surface area contributed by atoms with Gasteiger partial charge in [0.2, 0.25) is 0 Å². The SMILES string of the molecule is CC(CC#N)N(C)c1ncnc2ccc([N+](=O)[O-])cc12. The van der Waals surface area contributed by atoms with Crippen molar-refractivity contribution in [2.45, 2.75) is 19.4 Å². The molecule has 0 saturated heterocycles. The summed E-state index contributed by atoms with van der Waals surface area (Å²) in [6.07, 6.45) is 1.76. The monoisotopic (exact) mass is 271 g/mol. The Bertz CT molecular complexity index is 695. The van der Waals surface area contributed by atoms with Crippen molar-refractivity contribution in [3.63, 3.8) is 0 Å². The van der Waals surface area contributed by atoms with Crippen LogP contribution in [0.5, 0.6) is 0 Å². The van der Waals surface area contributed by atoms with Crippen LogP contribution in [0.1, 0.15) is 13.3 Å². The predicted molar refractivity (Wildman–Crippen MR) is 74.3 cm³/mol. The van der Waals surface area contributed by atoms with Gasteiger partial charge in [-0.05, 0) is 13.0 Å². The fourth-order valence-electron chi connectivity index (χ4n) is 1.90. The highest BCUT2D eigenvalue weighted by molar-refractivity contribution is 5.91. The molecule has 2 rings (SSSR count). The molecule has 0 spiro atoms. The third kappa shape index (κ3) is 2.49. The Kier molecular flexibility index (Phi) is 3.75. The molecule has 0 fully saturated rings. The lowest BCUT2D eigenvalue weighted by Gasteiger charge is -2.24. The van der Waals surface area contributed by atoms with E-state index in [-0.39, 0.29) is 11.7 Å². The van der Waals surface area contributed by atoms with Crippen LogP contribution in [0.15, 0.2) is 24.5 Å². The molecule has 0 bridgehead atoms. The van der Waals surface area contributed by atoms with Crippen molar-refractivity contribution in [2.75, 3.05) is 11.9 Å². The highest BCUT2D eigenvalue weighted by Gasteiger charge is 2.16. The zero-order valence-electron chi connectivity index (χ0n) is 11.1. The average Bonchev–Trinajstić information content (AvgIpc) is 2.45. The molecule has 0 saturated carbocycles. The largest absolute Gasteiger partial charge is 0.355 e. The van der Waals surface area contributed by atoms with Gasteiger partial charge in [0.15, 0.2) is 0 Å². The van der Waals surface area contributed by atoms with Gasteiger partial charge in [-0.3, -0.25) is 10.1 Å². The molecule has 1 heterocycles. The third-order valence-electron chi connectivity index (χ3n) is 3.19. The van der Waals surface area contributed by atoms with Crippen molar-refractivity contribution in [2.24, 2.45) is 0 Å². The van der Waals surface area contributed by atoms with E-state index in [4.69, 9.17) is 5.26 Å². The van der Waals surface area contributed by atoms with Crippen LogP contribution >= 0.6 is 0 Å². The van der Waals surface area contributed by atoms with E-state index in [2.05, 4.69) is 16.0 Å². The second-order valence-corrected chi connectivity index (χ2v) is 4.48. The Balaban J connectivity index is 2.55. The number of nitriles is 1. The van der Waals surface area contributed by atoms with Gasteiger partial charge in [0.25, 0.3) is 5.69 Å². The first-order chi connectivity index (χ1) is 9.54. The molecule has 0 aliphatic heterocycles. The van der Waals surface area contributed by atoms with Crippen LogP contribution < -0.4 is 4.90 Å². The van der Waals surface area contributed by atoms with E-state index in [0.717, 1.165) is 0 Å². The molecule has 1 aromatic heterocycles. The molecule has 20 heavy (non-hydrogen) atoms. The molecule has 0 aliphatic carbocycles. The third-order valence-corrected chi connectivity index (χ3v) is 3.19. The summed E-state index contributed by atoms with van der Waals surface area (Å²) in [5.41, 5.74) is 0.631. The molecule has 1 atom stereocenters. The van der Waals surface area contributed by atoms with Crippen LogP contribution in [0.3, 0.4) is 0 Å². The molecule has 102 valence electrons. The maximum atomic E-state index is 10.9. The number of nitro benzene ring substituents is 1. The zero-order valence-corrected chi connectivity index (χ0v) is 11.1. The van der Waals surface area contributed by atoms with Crippen molar-refractivity contribution in [3.05, 3.63) is 34.6 Å². The minimum atomic E-state index is -0.449. The average molecular weight is 271 g/mol. The van der Waals surface area contributed by atoms with Gasteiger partial charge in [0.05, 0.1) is 22.9 Å². The summed E-state index contributed by atoms with van der Waals surface area (Å²) in [5.74, 6) is 0.585. The van der Waals surface area contributed by atoms with Crippen LogP contribution in [0.4, 0.5) is 11.5 Å². The lowest BCUT2D eigenvalue weighted by Crippen LogP contribution is -2.29. The molecule has 0 amide bonds. The number of aromatic nitrogens is 2. The van der Waals surface area contributed by atoms with Crippen molar-refractivity contribution in [1.29, 1.82) is 5.26 Å². The number of nitrogens with zero attached hydrogens (tertiary/aromatic N) is 5. The van der Waals surface area contributed by atoms with Gasteiger partial charge in [0, 0.05) is 30.6 Å².